The molecule has 1 aromatic rings. The quantitative estimate of drug-likeness (QED) is 0.655. The van der Waals surface area contributed by atoms with Crippen molar-refractivity contribution >= 4 is 5.97 Å². The Morgan fingerprint density at radius 2 is 1.92 bits per heavy atom. The van der Waals surface area contributed by atoms with Gasteiger partial charge < -0.3 is 4.74 Å². The van der Waals surface area contributed by atoms with Gasteiger partial charge in [0.25, 0.3) is 0 Å². The molecule has 0 unspecified atom stereocenters. The Bertz CT molecular complexity index is 292. The van der Waals surface area contributed by atoms with Crippen LogP contribution >= 0.6 is 0 Å². The third-order valence-electron chi connectivity index (χ3n) is 1.92. The molecule has 1 atom stereocenters. The second kappa shape index (κ2) is 4.03. The van der Waals surface area contributed by atoms with Crippen molar-refractivity contribution < 1.29 is 13.9 Å². The number of hydrogen-bond donors (Lipinski definition) is 0. The highest BCUT2D eigenvalue weighted by atomic mass is 19.1. The standard InChI is InChI=1S/C10H11FO2/c1-7(10(12)13-2)8-3-5-9(11)6-4-8/h3-7H,1-2H3/t7-/m1/s1. The summed E-state index contributed by atoms with van der Waals surface area (Å²) in [5.41, 5.74) is 0.758. The van der Waals surface area contributed by atoms with Crippen LogP contribution in [0.25, 0.3) is 0 Å². The van der Waals surface area contributed by atoms with Crippen LogP contribution in [0.15, 0.2) is 24.3 Å². The van der Waals surface area contributed by atoms with Gasteiger partial charge in [-0.3, -0.25) is 4.79 Å². The molecule has 2 nitrogen and oxygen atoms in total. The molecule has 70 valence electrons. The second-order valence-electron chi connectivity index (χ2n) is 2.80. The lowest BCUT2D eigenvalue weighted by molar-refractivity contribution is -0.141. The molecular formula is C10H11FO2. The third kappa shape index (κ3) is 2.28. The second-order valence-corrected chi connectivity index (χ2v) is 2.80. The van der Waals surface area contributed by atoms with E-state index >= 15 is 0 Å². The summed E-state index contributed by atoms with van der Waals surface area (Å²) < 4.78 is 17.1. The lowest BCUT2D eigenvalue weighted by Gasteiger charge is -2.08. The lowest BCUT2D eigenvalue weighted by atomic mass is 10.0. The fraction of sp³-hybridized carbons (Fsp3) is 0.300. The van der Waals surface area contributed by atoms with Gasteiger partial charge in [0.2, 0.25) is 0 Å². The van der Waals surface area contributed by atoms with Gasteiger partial charge in [-0.2, -0.15) is 0 Å². The largest absolute Gasteiger partial charge is 0.469 e. The summed E-state index contributed by atoms with van der Waals surface area (Å²) in [6, 6.07) is 5.82. The minimum absolute atomic E-state index is 0.305. The predicted octanol–water partition coefficient (Wildman–Crippen LogP) is 2.10. The van der Waals surface area contributed by atoms with E-state index in [-0.39, 0.29) is 17.7 Å². The van der Waals surface area contributed by atoms with Gasteiger partial charge in [-0.1, -0.05) is 12.1 Å². The minimum atomic E-state index is -0.342. The van der Waals surface area contributed by atoms with Crippen LogP contribution in [0.1, 0.15) is 18.4 Å². The number of ether oxygens (including phenoxy) is 1. The number of esters is 1. The first kappa shape index (κ1) is 9.71. The summed E-state index contributed by atoms with van der Waals surface area (Å²) >= 11 is 0. The molecule has 1 rings (SSSR count). The van der Waals surface area contributed by atoms with Crippen molar-refractivity contribution in [2.24, 2.45) is 0 Å². The summed E-state index contributed by atoms with van der Waals surface area (Å²) in [4.78, 5) is 11.1. The van der Waals surface area contributed by atoms with Gasteiger partial charge in [-0.05, 0) is 24.6 Å². The fourth-order valence-electron chi connectivity index (χ4n) is 1.06. The minimum Gasteiger partial charge on any atom is -0.469 e. The van der Waals surface area contributed by atoms with Crippen LogP contribution in [-0.4, -0.2) is 13.1 Å². The number of benzene rings is 1. The summed E-state index contributed by atoms with van der Waals surface area (Å²) in [5.74, 6) is -0.960. The Hall–Kier alpha value is -1.38. The average molecular weight is 182 g/mol. The molecule has 1 aromatic carbocycles. The number of carbonyl (C=O) groups is 1. The average Bonchev–Trinajstić information content (AvgIpc) is 2.17. The first-order valence-corrected chi connectivity index (χ1v) is 3.98. The number of halogens is 1. The molecule has 0 fully saturated rings. The maximum atomic E-state index is 12.5. The first-order valence-electron chi connectivity index (χ1n) is 3.98. The Labute approximate surface area is 76.3 Å². The van der Waals surface area contributed by atoms with Crippen molar-refractivity contribution in [3.63, 3.8) is 0 Å². The molecule has 13 heavy (non-hydrogen) atoms. The molecule has 0 aliphatic carbocycles. The SMILES string of the molecule is COC(=O)[C@H](C)c1ccc(F)cc1. The van der Waals surface area contributed by atoms with Crippen LogP contribution in [0, 0.1) is 5.82 Å². The van der Waals surface area contributed by atoms with Crippen molar-refractivity contribution in [1.82, 2.24) is 0 Å². The maximum absolute atomic E-state index is 12.5. The molecule has 0 spiro atoms. The highest BCUT2D eigenvalue weighted by molar-refractivity contribution is 5.77. The Morgan fingerprint density at radius 3 is 2.38 bits per heavy atom. The van der Waals surface area contributed by atoms with E-state index in [9.17, 15) is 9.18 Å². The number of rotatable bonds is 2. The van der Waals surface area contributed by atoms with E-state index in [2.05, 4.69) is 4.74 Å². The van der Waals surface area contributed by atoms with Gasteiger partial charge in [0, 0.05) is 0 Å². The summed E-state index contributed by atoms with van der Waals surface area (Å²) in [6.45, 7) is 1.72. The molecular weight excluding hydrogens is 171 g/mol. The zero-order valence-corrected chi connectivity index (χ0v) is 7.58. The number of methoxy groups -OCH3 is 1. The molecule has 0 aromatic heterocycles. The Kier molecular flexibility index (Phi) is 3.01. The highest BCUT2D eigenvalue weighted by Gasteiger charge is 2.14. The number of hydrogen-bond acceptors (Lipinski definition) is 2. The third-order valence-corrected chi connectivity index (χ3v) is 1.92. The smallest absolute Gasteiger partial charge is 0.312 e. The molecule has 0 aliphatic rings. The highest BCUT2D eigenvalue weighted by Crippen LogP contribution is 2.16. The first-order chi connectivity index (χ1) is 6.15. The van der Waals surface area contributed by atoms with E-state index in [0.717, 1.165) is 5.56 Å². The topological polar surface area (TPSA) is 26.3 Å². The van der Waals surface area contributed by atoms with Crippen molar-refractivity contribution in [3.05, 3.63) is 35.6 Å². The maximum Gasteiger partial charge on any atom is 0.312 e. The van der Waals surface area contributed by atoms with E-state index < -0.39 is 0 Å². The van der Waals surface area contributed by atoms with E-state index in [1.165, 1.54) is 19.2 Å². The Morgan fingerprint density at radius 1 is 1.38 bits per heavy atom. The zero-order chi connectivity index (χ0) is 9.84. The molecule has 0 bridgehead atoms. The normalized spacial score (nSPS) is 12.2. The van der Waals surface area contributed by atoms with Crippen LogP contribution < -0.4 is 0 Å². The van der Waals surface area contributed by atoms with E-state index in [1.54, 1.807) is 19.1 Å². The van der Waals surface area contributed by atoms with Crippen molar-refractivity contribution in [3.8, 4) is 0 Å². The van der Waals surface area contributed by atoms with E-state index in [1.807, 2.05) is 0 Å². The molecule has 0 radical (unpaired) electrons. The van der Waals surface area contributed by atoms with Crippen LogP contribution in [0.3, 0.4) is 0 Å². The van der Waals surface area contributed by atoms with E-state index in [0.29, 0.717) is 0 Å². The van der Waals surface area contributed by atoms with Gasteiger partial charge in [0.1, 0.15) is 5.82 Å². The Balaban J connectivity index is 2.83. The van der Waals surface area contributed by atoms with Crippen molar-refractivity contribution in [1.29, 1.82) is 0 Å². The van der Waals surface area contributed by atoms with Gasteiger partial charge in [-0.15, -0.1) is 0 Å². The number of carbonyl (C=O) groups excluding carboxylic acids is 1. The molecule has 0 aliphatic heterocycles. The molecule has 0 heterocycles. The van der Waals surface area contributed by atoms with Crippen LogP contribution in [0.5, 0.6) is 0 Å². The molecule has 0 saturated heterocycles. The van der Waals surface area contributed by atoms with Gasteiger partial charge >= 0.3 is 5.97 Å². The molecule has 0 amide bonds. The lowest BCUT2D eigenvalue weighted by Crippen LogP contribution is -2.10. The van der Waals surface area contributed by atoms with Crippen LogP contribution in [0.4, 0.5) is 4.39 Å². The van der Waals surface area contributed by atoms with Gasteiger partial charge in [0.15, 0.2) is 0 Å². The molecule has 3 heteroatoms. The monoisotopic (exact) mass is 182 g/mol. The van der Waals surface area contributed by atoms with E-state index in [4.69, 9.17) is 0 Å². The molecule has 0 saturated carbocycles. The van der Waals surface area contributed by atoms with Crippen LogP contribution in [0.2, 0.25) is 0 Å². The summed E-state index contributed by atoms with van der Waals surface area (Å²) in [6.07, 6.45) is 0. The van der Waals surface area contributed by atoms with Crippen molar-refractivity contribution in [2.75, 3.05) is 7.11 Å². The predicted molar refractivity (Wildman–Crippen MR) is 46.8 cm³/mol. The fourth-order valence-corrected chi connectivity index (χ4v) is 1.06. The zero-order valence-electron chi connectivity index (χ0n) is 7.58. The van der Waals surface area contributed by atoms with Gasteiger partial charge in [-0.25, -0.2) is 4.39 Å². The molecule has 0 N–H and O–H groups in total. The van der Waals surface area contributed by atoms with Crippen molar-refractivity contribution in [2.45, 2.75) is 12.8 Å². The summed E-state index contributed by atoms with van der Waals surface area (Å²) in [5, 5.41) is 0. The summed E-state index contributed by atoms with van der Waals surface area (Å²) in [7, 11) is 1.34. The van der Waals surface area contributed by atoms with Crippen LogP contribution in [-0.2, 0) is 9.53 Å². The van der Waals surface area contributed by atoms with Gasteiger partial charge in [0.05, 0.1) is 13.0 Å².